The number of ether oxygens (including phenoxy) is 2. The van der Waals surface area contributed by atoms with Gasteiger partial charge in [0.2, 0.25) is 11.8 Å². The van der Waals surface area contributed by atoms with Crippen molar-refractivity contribution < 1.29 is 19.1 Å². The molecule has 29 heavy (non-hydrogen) atoms. The van der Waals surface area contributed by atoms with Gasteiger partial charge in [0.15, 0.2) is 11.5 Å². The first-order valence-corrected chi connectivity index (χ1v) is 10.6. The maximum Gasteiger partial charge on any atom is 0.246 e. The van der Waals surface area contributed by atoms with E-state index in [1.54, 1.807) is 24.2 Å². The number of methoxy groups -OCH3 is 1. The van der Waals surface area contributed by atoms with Crippen molar-refractivity contribution in [2.45, 2.75) is 52.5 Å². The van der Waals surface area contributed by atoms with Crippen LogP contribution >= 0.6 is 0 Å². The smallest absolute Gasteiger partial charge is 0.246 e. The number of nitrogens with one attached hydrogen (secondary N) is 1. The Morgan fingerprint density at radius 1 is 1.24 bits per heavy atom. The minimum atomic E-state index is -0.133. The number of benzene rings is 1. The van der Waals surface area contributed by atoms with E-state index in [1.807, 2.05) is 32.0 Å². The maximum absolute atomic E-state index is 12.8. The van der Waals surface area contributed by atoms with Crippen molar-refractivity contribution in [3.8, 4) is 11.5 Å². The van der Waals surface area contributed by atoms with Crippen LogP contribution < -0.4 is 14.8 Å². The van der Waals surface area contributed by atoms with Crippen molar-refractivity contribution >= 4 is 17.9 Å². The SMILES string of the molecule is CCCCNC(=O)C1CCC(C)N(C(=O)C=Cc2ccc(OC)c(OCC)c2)C1. The van der Waals surface area contributed by atoms with Gasteiger partial charge in [-0.1, -0.05) is 19.4 Å². The van der Waals surface area contributed by atoms with E-state index in [0.29, 0.717) is 31.2 Å². The molecule has 1 aromatic carbocycles. The highest BCUT2D eigenvalue weighted by Crippen LogP contribution is 2.29. The molecule has 1 aliphatic heterocycles. The van der Waals surface area contributed by atoms with Crippen molar-refractivity contribution in [2.24, 2.45) is 5.92 Å². The average Bonchev–Trinajstić information content (AvgIpc) is 2.72. The lowest BCUT2D eigenvalue weighted by molar-refractivity contribution is -0.134. The standard InChI is InChI=1S/C23H34N2O4/c1-5-7-14-24-23(27)19-11-8-17(3)25(16-19)22(26)13-10-18-9-12-20(28-4)21(15-18)29-6-2/h9-10,12-13,15,17,19H,5-8,11,14,16H2,1-4H3,(H,24,27). The van der Waals surface area contributed by atoms with E-state index in [4.69, 9.17) is 9.47 Å². The molecule has 1 saturated heterocycles. The van der Waals surface area contributed by atoms with Gasteiger partial charge in [-0.15, -0.1) is 0 Å². The third-order valence-electron chi connectivity index (χ3n) is 5.27. The summed E-state index contributed by atoms with van der Waals surface area (Å²) in [5.41, 5.74) is 0.862. The number of carbonyl (C=O) groups is 2. The Bertz CT molecular complexity index is 717. The lowest BCUT2D eigenvalue weighted by atomic mass is 9.92. The quantitative estimate of drug-likeness (QED) is 0.506. The lowest BCUT2D eigenvalue weighted by Crippen LogP contribution is -2.49. The number of nitrogens with zero attached hydrogens (tertiary/aromatic N) is 1. The average molecular weight is 403 g/mol. The van der Waals surface area contributed by atoms with Gasteiger partial charge in [-0.2, -0.15) is 0 Å². The monoisotopic (exact) mass is 402 g/mol. The first-order valence-electron chi connectivity index (χ1n) is 10.6. The molecule has 2 unspecified atom stereocenters. The summed E-state index contributed by atoms with van der Waals surface area (Å²) in [6, 6.07) is 5.70. The molecule has 1 N–H and O–H groups in total. The summed E-state index contributed by atoms with van der Waals surface area (Å²) >= 11 is 0. The predicted molar refractivity (Wildman–Crippen MR) is 115 cm³/mol. The second-order valence-corrected chi connectivity index (χ2v) is 7.44. The number of piperidine rings is 1. The topological polar surface area (TPSA) is 67.9 Å². The van der Waals surface area contributed by atoms with Crippen molar-refractivity contribution in [3.05, 3.63) is 29.8 Å². The van der Waals surface area contributed by atoms with Crippen molar-refractivity contribution in [1.82, 2.24) is 10.2 Å². The molecule has 2 atom stereocenters. The van der Waals surface area contributed by atoms with Crippen LogP contribution in [-0.4, -0.2) is 49.6 Å². The third kappa shape index (κ3) is 6.51. The van der Waals surface area contributed by atoms with Crippen LogP contribution in [0.1, 0.15) is 52.0 Å². The number of carbonyl (C=O) groups excluding carboxylic acids is 2. The molecule has 2 amide bonds. The highest BCUT2D eigenvalue weighted by Gasteiger charge is 2.31. The molecule has 0 saturated carbocycles. The molecule has 0 spiro atoms. The molecule has 1 aliphatic rings. The molecular formula is C23H34N2O4. The van der Waals surface area contributed by atoms with Gasteiger partial charge in [-0.3, -0.25) is 9.59 Å². The largest absolute Gasteiger partial charge is 0.493 e. The second-order valence-electron chi connectivity index (χ2n) is 7.44. The van der Waals surface area contributed by atoms with Crippen LogP contribution in [0.5, 0.6) is 11.5 Å². The molecule has 1 fully saturated rings. The van der Waals surface area contributed by atoms with E-state index in [-0.39, 0.29) is 23.8 Å². The molecule has 0 radical (unpaired) electrons. The first kappa shape index (κ1) is 22.8. The molecule has 0 aromatic heterocycles. The Kier molecular flexibility index (Phi) is 9.03. The van der Waals surface area contributed by atoms with Crippen LogP contribution in [0.2, 0.25) is 0 Å². The summed E-state index contributed by atoms with van der Waals surface area (Å²) in [5, 5.41) is 2.99. The molecule has 1 heterocycles. The van der Waals surface area contributed by atoms with Gasteiger partial charge < -0.3 is 19.7 Å². The Hall–Kier alpha value is -2.50. The van der Waals surface area contributed by atoms with Crippen LogP contribution in [0.25, 0.3) is 6.08 Å². The van der Waals surface area contributed by atoms with Gasteiger partial charge in [0.1, 0.15) is 0 Å². The summed E-state index contributed by atoms with van der Waals surface area (Å²) < 4.78 is 10.9. The van der Waals surface area contributed by atoms with Crippen LogP contribution in [0.15, 0.2) is 24.3 Å². The summed E-state index contributed by atoms with van der Waals surface area (Å²) in [6.45, 7) is 7.76. The van der Waals surface area contributed by atoms with Crippen molar-refractivity contribution in [2.75, 3.05) is 26.8 Å². The van der Waals surface area contributed by atoms with Gasteiger partial charge >= 0.3 is 0 Å². The summed E-state index contributed by atoms with van der Waals surface area (Å²) in [6.07, 6.45) is 7.04. The summed E-state index contributed by atoms with van der Waals surface area (Å²) in [5.74, 6) is 1.17. The number of hydrogen-bond donors (Lipinski definition) is 1. The first-order chi connectivity index (χ1) is 14.0. The van der Waals surface area contributed by atoms with E-state index < -0.39 is 0 Å². The fraction of sp³-hybridized carbons (Fsp3) is 0.565. The van der Waals surface area contributed by atoms with E-state index in [0.717, 1.165) is 31.2 Å². The minimum Gasteiger partial charge on any atom is -0.493 e. The lowest BCUT2D eigenvalue weighted by Gasteiger charge is -2.36. The Balaban J connectivity index is 2.02. The predicted octanol–water partition coefficient (Wildman–Crippen LogP) is 3.65. The summed E-state index contributed by atoms with van der Waals surface area (Å²) in [4.78, 5) is 27.0. The molecule has 6 heteroatoms. The van der Waals surface area contributed by atoms with Gasteiger partial charge in [-0.05, 0) is 56.9 Å². The normalized spacial score (nSPS) is 19.2. The van der Waals surface area contributed by atoms with Gasteiger partial charge in [0.05, 0.1) is 19.6 Å². The van der Waals surface area contributed by atoms with Gasteiger partial charge in [0, 0.05) is 25.2 Å². The van der Waals surface area contributed by atoms with Crippen LogP contribution in [0.3, 0.4) is 0 Å². The van der Waals surface area contributed by atoms with Crippen LogP contribution in [0, 0.1) is 5.92 Å². The maximum atomic E-state index is 12.8. The molecular weight excluding hydrogens is 368 g/mol. The number of rotatable bonds is 9. The molecule has 2 rings (SSSR count). The van der Waals surface area contributed by atoms with E-state index in [2.05, 4.69) is 12.2 Å². The molecule has 1 aromatic rings. The Morgan fingerprint density at radius 3 is 2.72 bits per heavy atom. The molecule has 0 bridgehead atoms. The number of hydrogen-bond acceptors (Lipinski definition) is 4. The number of likely N-dealkylation sites (tertiary alicyclic amines) is 1. The highest BCUT2D eigenvalue weighted by molar-refractivity contribution is 5.92. The van der Waals surface area contributed by atoms with Crippen LogP contribution in [-0.2, 0) is 9.59 Å². The fourth-order valence-electron chi connectivity index (χ4n) is 3.49. The van der Waals surface area contributed by atoms with E-state index in [1.165, 1.54) is 0 Å². The summed E-state index contributed by atoms with van der Waals surface area (Å²) in [7, 11) is 1.60. The molecule has 6 nitrogen and oxygen atoms in total. The number of amides is 2. The molecule has 0 aliphatic carbocycles. The van der Waals surface area contributed by atoms with Gasteiger partial charge in [-0.25, -0.2) is 0 Å². The van der Waals surface area contributed by atoms with Gasteiger partial charge in [0.25, 0.3) is 0 Å². The fourth-order valence-corrected chi connectivity index (χ4v) is 3.49. The zero-order valence-electron chi connectivity index (χ0n) is 18.1. The minimum absolute atomic E-state index is 0.0589. The van der Waals surface area contributed by atoms with Crippen LogP contribution in [0.4, 0.5) is 0 Å². The number of unbranched alkanes of at least 4 members (excludes halogenated alkanes) is 1. The highest BCUT2D eigenvalue weighted by atomic mass is 16.5. The van der Waals surface area contributed by atoms with Crippen molar-refractivity contribution in [1.29, 1.82) is 0 Å². The van der Waals surface area contributed by atoms with E-state index in [9.17, 15) is 9.59 Å². The van der Waals surface area contributed by atoms with E-state index >= 15 is 0 Å². The zero-order chi connectivity index (χ0) is 21.2. The Labute approximate surface area is 174 Å². The zero-order valence-corrected chi connectivity index (χ0v) is 18.1. The molecule has 160 valence electrons. The third-order valence-corrected chi connectivity index (χ3v) is 5.27. The second kappa shape index (κ2) is 11.5. The Morgan fingerprint density at radius 2 is 2.03 bits per heavy atom. The van der Waals surface area contributed by atoms with Crippen molar-refractivity contribution in [3.63, 3.8) is 0 Å².